The van der Waals surface area contributed by atoms with Crippen LogP contribution in [0.25, 0.3) is 0 Å². The molecule has 0 saturated carbocycles. The van der Waals surface area contributed by atoms with Crippen molar-refractivity contribution in [2.24, 2.45) is 5.41 Å². The second kappa shape index (κ2) is 6.30. The number of carbonyl (C=O) groups excluding carboxylic acids is 1. The molecule has 0 radical (unpaired) electrons. The summed E-state index contributed by atoms with van der Waals surface area (Å²) < 4.78 is 5.31. The molecule has 1 aromatic carbocycles. The van der Waals surface area contributed by atoms with Crippen molar-refractivity contribution in [3.05, 3.63) is 29.3 Å². The Hall–Kier alpha value is -1.71. The maximum atomic E-state index is 11.9. The lowest BCUT2D eigenvalue weighted by molar-refractivity contribution is 0.0512. The first kappa shape index (κ1) is 18.6. The molecule has 134 valence electrons. The maximum Gasteiger partial charge on any atom is 0.407 e. The molecule has 0 aromatic heterocycles. The van der Waals surface area contributed by atoms with Crippen LogP contribution in [0, 0.1) is 5.41 Å². The summed E-state index contributed by atoms with van der Waals surface area (Å²) in [6, 6.07) is 5.68. The molecule has 4 nitrogen and oxygen atoms in total. The largest absolute Gasteiger partial charge is 0.508 e. The van der Waals surface area contributed by atoms with Crippen molar-refractivity contribution < 1.29 is 14.6 Å². The van der Waals surface area contributed by atoms with Crippen molar-refractivity contribution in [1.29, 1.82) is 0 Å². The summed E-state index contributed by atoms with van der Waals surface area (Å²) >= 11 is 0. The van der Waals surface area contributed by atoms with E-state index in [9.17, 15) is 9.90 Å². The van der Waals surface area contributed by atoms with E-state index in [1.807, 2.05) is 32.9 Å². The van der Waals surface area contributed by atoms with E-state index in [0.717, 1.165) is 19.3 Å². The van der Waals surface area contributed by atoms with Crippen LogP contribution in [0.3, 0.4) is 0 Å². The monoisotopic (exact) mass is 333 g/mol. The highest BCUT2D eigenvalue weighted by Crippen LogP contribution is 2.52. The van der Waals surface area contributed by atoms with Crippen molar-refractivity contribution in [2.75, 3.05) is 6.54 Å². The molecule has 1 aliphatic rings. The minimum atomic E-state index is -0.490. The van der Waals surface area contributed by atoms with Crippen LogP contribution >= 0.6 is 0 Å². The van der Waals surface area contributed by atoms with Gasteiger partial charge in [-0.15, -0.1) is 0 Å². The van der Waals surface area contributed by atoms with Gasteiger partial charge in [0.05, 0.1) is 0 Å². The van der Waals surface area contributed by atoms with Crippen molar-refractivity contribution >= 4 is 6.09 Å². The number of amides is 1. The number of phenols is 1. The molecule has 0 heterocycles. The van der Waals surface area contributed by atoms with Gasteiger partial charge < -0.3 is 15.2 Å². The van der Waals surface area contributed by atoms with Gasteiger partial charge in [0, 0.05) is 6.54 Å². The summed E-state index contributed by atoms with van der Waals surface area (Å²) in [5.41, 5.74) is 1.98. The van der Waals surface area contributed by atoms with E-state index in [1.54, 1.807) is 6.07 Å². The number of phenolic OH excluding ortho intramolecular Hbond substituents is 1. The van der Waals surface area contributed by atoms with Crippen molar-refractivity contribution in [2.45, 2.75) is 71.8 Å². The number of aryl methyl sites for hydroxylation is 1. The fraction of sp³-hybridized carbons (Fsp3) is 0.650. The van der Waals surface area contributed by atoms with Gasteiger partial charge >= 0.3 is 6.09 Å². The smallest absolute Gasteiger partial charge is 0.407 e. The van der Waals surface area contributed by atoms with Crippen molar-refractivity contribution in [1.82, 2.24) is 5.32 Å². The van der Waals surface area contributed by atoms with Gasteiger partial charge in [0.25, 0.3) is 0 Å². The van der Waals surface area contributed by atoms with Crippen LogP contribution in [-0.4, -0.2) is 23.3 Å². The highest BCUT2D eigenvalue weighted by molar-refractivity contribution is 5.67. The molecule has 0 aliphatic heterocycles. The van der Waals surface area contributed by atoms with Gasteiger partial charge in [0.15, 0.2) is 0 Å². The predicted octanol–water partition coefficient (Wildman–Crippen LogP) is 4.54. The minimum absolute atomic E-state index is 0.0867. The van der Waals surface area contributed by atoms with Crippen molar-refractivity contribution in [3.8, 4) is 5.75 Å². The van der Waals surface area contributed by atoms with E-state index >= 15 is 0 Å². The Bertz CT molecular complexity index is 616. The van der Waals surface area contributed by atoms with Crippen LogP contribution in [0.2, 0.25) is 0 Å². The molecule has 24 heavy (non-hydrogen) atoms. The molecule has 1 amide bonds. The molecule has 0 bridgehead atoms. The van der Waals surface area contributed by atoms with Crippen LogP contribution in [0.4, 0.5) is 4.79 Å². The van der Waals surface area contributed by atoms with Crippen LogP contribution in [0.5, 0.6) is 5.75 Å². The van der Waals surface area contributed by atoms with Gasteiger partial charge in [-0.05, 0) is 74.1 Å². The standard InChI is InChI=1S/C20H31NO3/c1-18(2,3)24-17(23)21-12-11-20(6)16-13-15(22)8-7-14(16)9-10-19(20,4)5/h7-8,13,22H,9-12H2,1-6H3,(H,21,23). The molecule has 1 aromatic rings. The molecule has 0 fully saturated rings. The first-order valence-corrected chi connectivity index (χ1v) is 8.74. The topological polar surface area (TPSA) is 58.6 Å². The summed E-state index contributed by atoms with van der Waals surface area (Å²) in [7, 11) is 0. The Kier molecular flexibility index (Phi) is 4.89. The predicted molar refractivity (Wildman–Crippen MR) is 96.4 cm³/mol. The Labute approximate surface area is 145 Å². The zero-order valence-corrected chi connectivity index (χ0v) is 15.8. The fourth-order valence-electron chi connectivity index (χ4n) is 3.59. The normalized spacial score (nSPS) is 22.6. The van der Waals surface area contributed by atoms with Gasteiger partial charge in [-0.25, -0.2) is 4.79 Å². The van der Waals surface area contributed by atoms with Crippen LogP contribution in [0.15, 0.2) is 18.2 Å². The van der Waals surface area contributed by atoms with E-state index in [4.69, 9.17) is 4.74 Å². The molecule has 1 unspecified atom stereocenters. The highest BCUT2D eigenvalue weighted by atomic mass is 16.6. The summed E-state index contributed by atoms with van der Waals surface area (Å²) in [6.07, 6.45) is 2.54. The first-order valence-electron chi connectivity index (χ1n) is 8.74. The summed E-state index contributed by atoms with van der Waals surface area (Å²) in [5.74, 6) is 0.303. The van der Waals surface area contributed by atoms with E-state index in [-0.39, 0.29) is 16.9 Å². The molecular weight excluding hydrogens is 302 g/mol. The Morgan fingerprint density at radius 3 is 2.58 bits per heavy atom. The Balaban J connectivity index is 2.15. The second-order valence-corrected chi connectivity index (χ2v) is 8.74. The van der Waals surface area contributed by atoms with E-state index < -0.39 is 5.60 Å². The average Bonchev–Trinajstić information content (AvgIpc) is 2.42. The molecule has 0 spiro atoms. The lowest BCUT2D eigenvalue weighted by atomic mass is 9.55. The second-order valence-electron chi connectivity index (χ2n) is 8.74. The Morgan fingerprint density at radius 2 is 1.96 bits per heavy atom. The van der Waals surface area contributed by atoms with Gasteiger partial charge in [0.1, 0.15) is 11.4 Å². The number of aromatic hydroxyl groups is 1. The SMILES string of the molecule is CC(C)(C)OC(=O)NCCC1(C)c2cc(O)ccc2CCC1(C)C. The zero-order chi connectivity index (χ0) is 18.2. The molecule has 2 N–H and O–H groups in total. The third-order valence-electron chi connectivity index (χ3n) is 5.49. The maximum absolute atomic E-state index is 11.9. The Morgan fingerprint density at radius 1 is 1.29 bits per heavy atom. The molecule has 1 aliphatic carbocycles. The third-order valence-corrected chi connectivity index (χ3v) is 5.49. The number of ether oxygens (including phenoxy) is 1. The quantitative estimate of drug-likeness (QED) is 0.854. The molecule has 1 atom stereocenters. The van der Waals surface area contributed by atoms with E-state index in [1.165, 1.54) is 11.1 Å². The van der Waals surface area contributed by atoms with Gasteiger partial charge in [-0.3, -0.25) is 0 Å². The third kappa shape index (κ3) is 3.85. The number of benzene rings is 1. The lowest BCUT2D eigenvalue weighted by Gasteiger charge is -2.49. The molecule has 4 heteroatoms. The lowest BCUT2D eigenvalue weighted by Crippen LogP contribution is -2.46. The summed E-state index contributed by atoms with van der Waals surface area (Å²) in [4.78, 5) is 11.9. The minimum Gasteiger partial charge on any atom is -0.508 e. The van der Waals surface area contributed by atoms with Gasteiger partial charge in [-0.1, -0.05) is 26.8 Å². The number of rotatable bonds is 3. The number of hydrogen-bond donors (Lipinski definition) is 2. The highest BCUT2D eigenvalue weighted by Gasteiger charge is 2.45. The number of hydrogen-bond acceptors (Lipinski definition) is 3. The number of fused-ring (bicyclic) bond motifs is 1. The zero-order valence-electron chi connectivity index (χ0n) is 15.8. The van der Waals surface area contributed by atoms with E-state index in [0.29, 0.717) is 12.3 Å². The van der Waals surface area contributed by atoms with Crippen molar-refractivity contribution in [3.63, 3.8) is 0 Å². The molecule has 0 saturated heterocycles. The number of alkyl carbamates (subject to hydrolysis) is 1. The molecular formula is C20H31NO3. The van der Waals surface area contributed by atoms with Gasteiger partial charge in [0.2, 0.25) is 0 Å². The van der Waals surface area contributed by atoms with Gasteiger partial charge in [-0.2, -0.15) is 0 Å². The summed E-state index contributed by atoms with van der Waals surface area (Å²) in [5, 5.41) is 12.8. The average molecular weight is 333 g/mol. The van der Waals surface area contributed by atoms with E-state index in [2.05, 4.69) is 26.1 Å². The summed E-state index contributed by atoms with van der Waals surface area (Å²) in [6.45, 7) is 12.9. The fourth-order valence-corrected chi connectivity index (χ4v) is 3.59. The first-order chi connectivity index (χ1) is 10.9. The number of carbonyl (C=O) groups is 1. The van der Waals surface area contributed by atoms with Crippen LogP contribution in [0.1, 0.15) is 65.5 Å². The molecule has 2 rings (SSSR count). The number of nitrogens with one attached hydrogen (secondary N) is 1. The van der Waals surface area contributed by atoms with Crippen LogP contribution < -0.4 is 5.32 Å². The van der Waals surface area contributed by atoms with Crippen LogP contribution in [-0.2, 0) is 16.6 Å².